The van der Waals surface area contributed by atoms with Crippen LogP contribution in [0.15, 0.2) is 0 Å². The second-order valence-electron chi connectivity index (χ2n) is 4.86. The molecule has 1 saturated heterocycles. The Morgan fingerprint density at radius 2 is 1.84 bits per heavy atom. The maximum Gasteiger partial charge on any atom is 0.308 e. The van der Waals surface area contributed by atoms with E-state index in [0.717, 1.165) is 32.1 Å². The lowest BCUT2D eigenvalue weighted by Crippen LogP contribution is -2.35. The van der Waals surface area contributed by atoms with Gasteiger partial charge in [0.25, 0.3) is 0 Å². The van der Waals surface area contributed by atoms with Gasteiger partial charge in [0.05, 0.1) is 6.61 Å². The molecule has 4 atom stereocenters. The molecular weight excluding hydrogens is 252 g/mol. The third-order valence-corrected chi connectivity index (χ3v) is 3.23. The summed E-state index contributed by atoms with van der Waals surface area (Å²) in [7, 11) is 0. The van der Waals surface area contributed by atoms with Crippen LogP contribution < -0.4 is 0 Å². The van der Waals surface area contributed by atoms with Crippen molar-refractivity contribution in [2.75, 3.05) is 6.61 Å². The number of unbranched alkanes of at least 4 members (excludes halogenated alkanes) is 4. The Bertz CT molecular complexity index is 270. The van der Waals surface area contributed by atoms with Crippen molar-refractivity contribution in [1.29, 1.82) is 0 Å². The molecule has 1 rings (SSSR count). The van der Waals surface area contributed by atoms with Gasteiger partial charge < -0.3 is 24.8 Å². The van der Waals surface area contributed by atoms with Crippen LogP contribution in [0.3, 0.4) is 0 Å². The molecule has 1 unspecified atom stereocenters. The van der Waals surface area contributed by atoms with Crippen LogP contribution in [0.25, 0.3) is 0 Å². The zero-order valence-electron chi connectivity index (χ0n) is 11.3. The lowest BCUT2D eigenvalue weighted by atomic mass is 10.1. The van der Waals surface area contributed by atoms with Crippen molar-refractivity contribution >= 4 is 5.97 Å². The Balaban J connectivity index is 2.21. The highest BCUT2D eigenvalue weighted by Crippen LogP contribution is 2.22. The van der Waals surface area contributed by atoms with Crippen LogP contribution in [0.4, 0.5) is 0 Å². The highest BCUT2D eigenvalue weighted by Gasteiger charge is 2.44. The quantitative estimate of drug-likeness (QED) is 0.437. The fourth-order valence-corrected chi connectivity index (χ4v) is 2.02. The molecule has 112 valence electrons. The molecule has 6 nitrogen and oxygen atoms in total. The standard InChI is InChI=1S/C13H24O6/c1-2-3-4-5-6-7-10(15)19-13-12(17)11(16)9(8-14)18-13/h9,11-14,16-17H,2-8H2,1H3/t9-,11-,12-,13?/m1/s1. The summed E-state index contributed by atoms with van der Waals surface area (Å²) < 4.78 is 10.0. The third kappa shape index (κ3) is 5.06. The number of rotatable bonds is 8. The van der Waals surface area contributed by atoms with Crippen molar-refractivity contribution in [2.24, 2.45) is 0 Å². The minimum atomic E-state index is -1.30. The zero-order valence-corrected chi connectivity index (χ0v) is 11.3. The molecule has 1 heterocycles. The molecule has 1 aliphatic rings. The normalized spacial score (nSPS) is 30.5. The predicted molar refractivity (Wildman–Crippen MR) is 67.2 cm³/mol. The van der Waals surface area contributed by atoms with E-state index in [-0.39, 0.29) is 6.42 Å². The SMILES string of the molecule is CCCCCCCC(=O)OC1O[C@H](CO)[C@@H](O)[C@H]1O. The van der Waals surface area contributed by atoms with Gasteiger partial charge in [-0.05, 0) is 6.42 Å². The molecule has 1 aliphatic heterocycles. The molecule has 0 aromatic heterocycles. The van der Waals surface area contributed by atoms with Gasteiger partial charge in [0.1, 0.15) is 18.3 Å². The average Bonchev–Trinajstić information content (AvgIpc) is 2.66. The molecular formula is C13H24O6. The number of ether oxygens (including phenoxy) is 2. The molecule has 0 aromatic carbocycles. The number of hydrogen-bond donors (Lipinski definition) is 3. The van der Waals surface area contributed by atoms with E-state index in [1.807, 2.05) is 0 Å². The van der Waals surface area contributed by atoms with E-state index in [2.05, 4.69) is 6.92 Å². The van der Waals surface area contributed by atoms with Gasteiger partial charge in [0.2, 0.25) is 6.29 Å². The summed E-state index contributed by atoms with van der Waals surface area (Å²) in [6.45, 7) is 1.69. The summed E-state index contributed by atoms with van der Waals surface area (Å²) in [5, 5.41) is 28.0. The molecule has 0 aliphatic carbocycles. The fourth-order valence-electron chi connectivity index (χ4n) is 2.02. The van der Waals surface area contributed by atoms with Crippen LogP contribution >= 0.6 is 0 Å². The Labute approximate surface area is 113 Å². The minimum absolute atomic E-state index is 0.274. The molecule has 6 heteroatoms. The van der Waals surface area contributed by atoms with Gasteiger partial charge >= 0.3 is 5.97 Å². The summed E-state index contributed by atoms with van der Waals surface area (Å²) in [5.74, 6) is -0.452. The van der Waals surface area contributed by atoms with E-state index in [4.69, 9.17) is 14.6 Å². The van der Waals surface area contributed by atoms with Gasteiger partial charge in [-0.25, -0.2) is 0 Å². The number of hydrogen-bond acceptors (Lipinski definition) is 6. The first-order chi connectivity index (χ1) is 9.10. The van der Waals surface area contributed by atoms with Gasteiger partial charge in [-0.3, -0.25) is 4.79 Å². The topological polar surface area (TPSA) is 96.2 Å². The minimum Gasteiger partial charge on any atom is -0.433 e. The van der Waals surface area contributed by atoms with E-state index < -0.39 is 37.2 Å². The van der Waals surface area contributed by atoms with Crippen LogP contribution in [0.1, 0.15) is 45.4 Å². The van der Waals surface area contributed by atoms with E-state index in [9.17, 15) is 15.0 Å². The fraction of sp³-hybridized carbons (Fsp3) is 0.923. The van der Waals surface area contributed by atoms with Crippen molar-refractivity contribution in [3.05, 3.63) is 0 Å². The smallest absolute Gasteiger partial charge is 0.308 e. The summed E-state index contributed by atoms with van der Waals surface area (Å²) in [5.41, 5.74) is 0. The van der Waals surface area contributed by atoms with Crippen LogP contribution in [-0.2, 0) is 14.3 Å². The van der Waals surface area contributed by atoms with Gasteiger partial charge in [-0.1, -0.05) is 32.6 Å². The van der Waals surface area contributed by atoms with Crippen LogP contribution in [0.2, 0.25) is 0 Å². The van der Waals surface area contributed by atoms with Crippen LogP contribution in [0, 0.1) is 0 Å². The summed E-state index contributed by atoms with van der Waals surface area (Å²) in [6, 6.07) is 0. The highest BCUT2D eigenvalue weighted by atomic mass is 16.7. The maximum atomic E-state index is 11.5. The lowest BCUT2D eigenvalue weighted by molar-refractivity contribution is -0.190. The van der Waals surface area contributed by atoms with Crippen molar-refractivity contribution < 1.29 is 29.6 Å². The van der Waals surface area contributed by atoms with Gasteiger partial charge in [0.15, 0.2) is 0 Å². The number of aliphatic hydroxyl groups is 3. The molecule has 0 saturated carbocycles. The maximum absolute atomic E-state index is 11.5. The molecule has 0 amide bonds. The number of carbonyl (C=O) groups is 1. The molecule has 1 fully saturated rings. The van der Waals surface area contributed by atoms with Crippen molar-refractivity contribution in [1.82, 2.24) is 0 Å². The first-order valence-electron chi connectivity index (χ1n) is 6.92. The van der Waals surface area contributed by atoms with Crippen molar-refractivity contribution in [2.45, 2.75) is 70.1 Å². The van der Waals surface area contributed by atoms with Gasteiger partial charge in [0, 0.05) is 6.42 Å². The van der Waals surface area contributed by atoms with E-state index >= 15 is 0 Å². The number of aliphatic hydroxyl groups excluding tert-OH is 3. The van der Waals surface area contributed by atoms with Crippen LogP contribution in [-0.4, -0.2) is 52.5 Å². The molecule has 3 N–H and O–H groups in total. The predicted octanol–water partition coefficient (Wildman–Crippen LogP) is 0.329. The number of carbonyl (C=O) groups excluding carboxylic acids is 1. The Morgan fingerprint density at radius 3 is 2.42 bits per heavy atom. The summed E-state index contributed by atoms with van der Waals surface area (Å²) in [4.78, 5) is 11.5. The Kier molecular flexibility index (Phi) is 7.30. The largest absolute Gasteiger partial charge is 0.433 e. The van der Waals surface area contributed by atoms with Crippen molar-refractivity contribution in [3.63, 3.8) is 0 Å². The second kappa shape index (κ2) is 8.47. The molecule has 0 spiro atoms. The van der Waals surface area contributed by atoms with E-state index in [1.165, 1.54) is 0 Å². The molecule has 0 bridgehead atoms. The first kappa shape index (κ1) is 16.4. The van der Waals surface area contributed by atoms with Crippen molar-refractivity contribution in [3.8, 4) is 0 Å². The average molecular weight is 276 g/mol. The molecule has 0 radical (unpaired) electrons. The molecule has 0 aromatic rings. The first-order valence-corrected chi connectivity index (χ1v) is 6.92. The number of esters is 1. The van der Waals surface area contributed by atoms with E-state index in [1.54, 1.807) is 0 Å². The Hall–Kier alpha value is -0.690. The third-order valence-electron chi connectivity index (χ3n) is 3.23. The monoisotopic (exact) mass is 276 g/mol. The summed E-state index contributed by atoms with van der Waals surface area (Å²) in [6.07, 6.45) is 0.762. The van der Waals surface area contributed by atoms with E-state index in [0.29, 0.717) is 0 Å². The lowest BCUT2D eigenvalue weighted by Gasteiger charge is -2.15. The van der Waals surface area contributed by atoms with Crippen LogP contribution in [0.5, 0.6) is 0 Å². The zero-order chi connectivity index (χ0) is 14.3. The highest BCUT2D eigenvalue weighted by molar-refractivity contribution is 5.69. The molecule has 19 heavy (non-hydrogen) atoms. The van der Waals surface area contributed by atoms with Gasteiger partial charge in [-0.2, -0.15) is 0 Å². The van der Waals surface area contributed by atoms with Gasteiger partial charge in [-0.15, -0.1) is 0 Å². The Morgan fingerprint density at radius 1 is 1.16 bits per heavy atom. The second-order valence-corrected chi connectivity index (χ2v) is 4.86. The summed E-state index contributed by atoms with van der Waals surface area (Å²) >= 11 is 0.